The lowest BCUT2D eigenvalue weighted by Gasteiger charge is -2.26. The molecule has 3 heterocycles. The third-order valence-electron chi connectivity index (χ3n) is 6.39. The quantitative estimate of drug-likeness (QED) is 0.211. The first-order valence-corrected chi connectivity index (χ1v) is 13.5. The maximum absolute atomic E-state index is 6.41. The predicted molar refractivity (Wildman–Crippen MR) is 155 cm³/mol. The molecule has 5 nitrogen and oxygen atoms in total. The SMILES string of the molecule is Cc1ccccc1Oc1ccc(N2C(=S)N[C@H](c3ccccn3)[C@H]2c2ccc(Sc3ccccc3)o2)cc1. The first kappa shape index (κ1) is 24.3. The molecule has 2 aromatic heterocycles. The van der Waals surface area contributed by atoms with Gasteiger partial charge >= 0.3 is 0 Å². The van der Waals surface area contributed by atoms with E-state index in [2.05, 4.69) is 27.3 Å². The van der Waals surface area contributed by atoms with Crippen molar-refractivity contribution < 1.29 is 9.15 Å². The van der Waals surface area contributed by atoms with E-state index in [0.717, 1.165) is 44.2 Å². The zero-order valence-electron chi connectivity index (χ0n) is 20.7. The lowest BCUT2D eigenvalue weighted by Crippen LogP contribution is -2.29. The molecule has 2 atom stereocenters. The smallest absolute Gasteiger partial charge is 0.174 e. The normalized spacial score (nSPS) is 16.9. The largest absolute Gasteiger partial charge is 0.457 e. The standard InChI is InChI=1S/C31H25N3O2S2/c1-21-9-5-6-13-26(21)35-23-16-14-22(15-17-23)34-30(29(33-31(34)37)25-12-7-8-20-32-25)27-18-19-28(36-27)38-24-10-3-2-4-11-24/h2-20,29-30H,1H3,(H,33,37)/t29-,30-/m1/s1. The van der Waals surface area contributed by atoms with Gasteiger partial charge in [-0.3, -0.25) is 4.98 Å². The molecule has 0 unspecified atom stereocenters. The number of rotatable bonds is 7. The van der Waals surface area contributed by atoms with Crippen LogP contribution in [0.5, 0.6) is 11.5 Å². The number of para-hydroxylation sites is 1. The van der Waals surface area contributed by atoms with Crippen LogP contribution in [0, 0.1) is 6.92 Å². The Balaban J connectivity index is 1.32. The van der Waals surface area contributed by atoms with Gasteiger partial charge in [0.05, 0.1) is 11.7 Å². The van der Waals surface area contributed by atoms with Crippen LogP contribution in [0.15, 0.2) is 130 Å². The van der Waals surface area contributed by atoms with Gasteiger partial charge in [-0.1, -0.05) is 54.2 Å². The Labute approximate surface area is 231 Å². The summed E-state index contributed by atoms with van der Waals surface area (Å²) in [6, 6.07) is 35.7. The molecule has 0 spiro atoms. The number of nitrogens with one attached hydrogen (secondary N) is 1. The Morgan fingerprint density at radius 3 is 2.39 bits per heavy atom. The Kier molecular flexibility index (Phi) is 6.86. The molecule has 0 aliphatic carbocycles. The van der Waals surface area contributed by atoms with E-state index < -0.39 is 0 Å². The Morgan fingerprint density at radius 1 is 0.868 bits per heavy atom. The van der Waals surface area contributed by atoms with Crippen LogP contribution in [-0.2, 0) is 0 Å². The van der Waals surface area contributed by atoms with Crippen LogP contribution in [0.1, 0.15) is 29.1 Å². The van der Waals surface area contributed by atoms with E-state index in [1.54, 1.807) is 18.0 Å². The molecular weight excluding hydrogens is 510 g/mol. The van der Waals surface area contributed by atoms with Gasteiger partial charge in [0.25, 0.3) is 0 Å². The van der Waals surface area contributed by atoms with E-state index in [-0.39, 0.29) is 12.1 Å². The summed E-state index contributed by atoms with van der Waals surface area (Å²) in [6.07, 6.45) is 1.80. The maximum Gasteiger partial charge on any atom is 0.174 e. The topological polar surface area (TPSA) is 50.5 Å². The van der Waals surface area contributed by atoms with Crippen LogP contribution in [0.3, 0.4) is 0 Å². The number of aryl methyl sites for hydroxylation is 1. The van der Waals surface area contributed by atoms with E-state index in [1.807, 2.05) is 104 Å². The number of anilines is 1. The van der Waals surface area contributed by atoms with Gasteiger partial charge < -0.3 is 19.4 Å². The fourth-order valence-corrected chi connectivity index (χ4v) is 5.69. The highest BCUT2D eigenvalue weighted by atomic mass is 32.2. The fraction of sp³-hybridized carbons (Fsp3) is 0.0968. The summed E-state index contributed by atoms with van der Waals surface area (Å²) in [5.41, 5.74) is 2.93. The van der Waals surface area contributed by atoms with E-state index in [9.17, 15) is 0 Å². The number of furan rings is 1. The highest BCUT2D eigenvalue weighted by molar-refractivity contribution is 7.99. The molecule has 0 saturated carbocycles. The van der Waals surface area contributed by atoms with Gasteiger partial charge in [0, 0.05) is 16.8 Å². The van der Waals surface area contributed by atoms with Crippen molar-refractivity contribution in [2.45, 2.75) is 29.0 Å². The number of hydrogen-bond acceptors (Lipinski definition) is 5. The molecule has 1 fully saturated rings. The van der Waals surface area contributed by atoms with Crippen molar-refractivity contribution in [2.24, 2.45) is 0 Å². The molecule has 0 radical (unpaired) electrons. The van der Waals surface area contributed by atoms with Gasteiger partial charge in [-0.15, -0.1) is 0 Å². The van der Waals surface area contributed by atoms with Gasteiger partial charge in [0.1, 0.15) is 23.3 Å². The third-order valence-corrected chi connectivity index (χ3v) is 7.63. The fourth-order valence-electron chi connectivity index (χ4n) is 4.55. The van der Waals surface area contributed by atoms with Crippen molar-refractivity contribution >= 4 is 34.8 Å². The Bertz CT molecular complexity index is 1540. The van der Waals surface area contributed by atoms with Crippen LogP contribution < -0.4 is 15.0 Å². The van der Waals surface area contributed by atoms with E-state index >= 15 is 0 Å². The molecule has 188 valence electrons. The molecule has 1 aliphatic rings. The lowest BCUT2D eigenvalue weighted by atomic mass is 10.0. The molecular formula is C31H25N3O2S2. The predicted octanol–water partition coefficient (Wildman–Crippen LogP) is 8.10. The maximum atomic E-state index is 6.41. The number of ether oxygens (including phenoxy) is 1. The molecule has 1 N–H and O–H groups in total. The van der Waals surface area contributed by atoms with E-state index in [4.69, 9.17) is 21.4 Å². The molecule has 7 heteroatoms. The zero-order chi connectivity index (χ0) is 25.9. The molecule has 0 amide bonds. The minimum atomic E-state index is -0.217. The summed E-state index contributed by atoms with van der Waals surface area (Å²) in [6.45, 7) is 2.04. The van der Waals surface area contributed by atoms with Gasteiger partial charge in [0.2, 0.25) is 0 Å². The van der Waals surface area contributed by atoms with Crippen LogP contribution in [0.25, 0.3) is 0 Å². The average molecular weight is 536 g/mol. The third kappa shape index (κ3) is 5.03. The Hall–Kier alpha value is -4.07. The lowest BCUT2D eigenvalue weighted by molar-refractivity contribution is 0.383. The first-order valence-electron chi connectivity index (χ1n) is 12.3. The monoisotopic (exact) mass is 535 g/mol. The minimum Gasteiger partial charge on any atom is -0.457 e. The number of thiocarbonyl (C=S) groups is 1. The zero-order valence-corrected chi connectivity index (χ0v) is 22.3. The van der Waals surface area contributed by atoms with Crippen molar-refractivity contribution in [2.75, 3.05) is 4.90 Å². The molecule has 1 aliphatic heterocycles. The number of benzene rings is 3. The number of pyridine rings is 1. The second-order valence-electron chi connectivity index (χ2n) is 8.93. The van der Waals surface area contributed by atoms with Crippen LogP contribution >= 0.6 is 24.0 Å². The summed E-state index contributed by atoms with van der Waals surface area (Å²) in [5, 5.41) is 4.93. The van der Waals surface area contributed by atoms with Crippen LogP contribution in [-0.4, -0.2) is 10.1 Å². The Morgan fingerprint density at radius 2 is 1.63 bits per heavy atom. The number of hydrogen-bond donors (Lipinski definition) is 1. The average Bonchev–Trinajstić information content (AvgIpc) is 3.55. The summed E-state index contributed by atoms with van der Waals surface area (Å²) in [7, 11) is 0. The summed E-state index contributed by atoms with van der Waals surface area (Å²) in [5.74, 6) is 2.41. The summed E-state index contributed by atoms with van der Waals surface area (Å²) < 4.78 is 12.5. The van der Waals surface area contributed by atoms with Gasteiger partial charge in [-0.25, -0.2) is 0 Å². The van der Waals surface area contributed by atoms with E-state index in [1.165, 1.54) is 0 Å². The van der Waals surface area contributed by atoms with Crippen molar-refractivity contribution in [3.8, 4) is 11.5 Å². The van der Waals surface area contributed by atoms with Crippen LogP contribution in [0.2, 0.25) is 0 Å². The van der Waals surface area contributed by atoms with Gasteiger partial charge in [-0.2, -0.15) is 0 Å². The van der Waals surface area contributed by atoms with Gasteiger partial charge in [0.15, 0.2) is 10.2 Å². The molecule has 5 aromatic rings. The number of nitrogens with zero attached hydrogens (tertiary/aromatic N) is 2. The first-order chi connectivity index (χ1) is 18.7. The van der Waals surface area contributed by atoms with Crippen molar-refractivity contribution in [3.63, 3.8) is 0 Å². The highest BCUT2D eigenvalue weighted by Crippen LogP contribution is 2.43. The van der Waals surface area contributed by atoms with Crippen molar-refractivity contribution in [1.82, 2.24) is 10.3 Å². The van der Waals surface area contributed by atoms with Crippen molar-refractivity contribution in [3.05, 3.63) is 132 Å². The summed E-state index contributed by atoms with van der Waals surface area (Å²) in [4.78, 5) is 7.85. The second-order valence-corrected chi connectivity index (χ2v) is 10.4. The van der Waals surface area contributed by atoms with E-state index in [0.29, 0.717) is 5.11 Å². The number of aromatic nitrogens is 1. The highest BCUT2D eigenvalue weighted by Gasteiger charge is 2.42. The second kappa shape index (κ2) is 10.7. The minimum absolute atomic E-state index is 0.174. The summed E-state index contributed by atoms with van der Waals surface area (Å²) >= 11 is 7.45. The molecule has 3 aromatic carbocycles. The molecule has 0 bridgehead atoms. The van der Waals surface area contributed by atoms with Gasteiger partial charge in [-0.05, 0) is 91.4 Å². The molecule has 1 saturated heterocycles. The molecule has 38 heavy (non-hydrogen) atoms. The molecule has 6 rings (SSSR count). The van der Waals surface area contributed by atoms with Crippen LogP contribution in [0.4, 0.5) is 5.69 Å². The van der Waals surface area contributed by atoms with Crippen molar-refractivity contribution in [1.29, 1.82) is 0 Å².